The highest BCUT2D eigenvalue weighted by atomic mass is 16.5. The summed E-state index contributed by atoms with van der Waals surface area (Å²) in [6, 6.07) is 3.46. The predicted molar refractivity (Wildman–Crippen MR) is 155 cm³/mol. The summed E-state index contributed by atoms with van der Waals surface area (Å²) in [5, 5.41) is 30.6. The van der Waals surface area contributed by atoms with Gasteiger partial charge in [0.1, 0.15) is 24.7 Å². The van der Waals surface area contributed by atoms with Gasteiger partial charge in [0.05, 0.1) is 45.7 Å². The number of amides is 4. The van der Waals surface area contributed by atoms with Gasteiger partial charge in [-0.25, -0.2) is 0 Å². The maximum Gasteiger partial charge on any atom is 0.308 e. The number of nitrogens with one attached hydrogen (secondary N) is 4. The lowest BCUT2D eigenvalue weighted by Gasteiger charge is -2.24. The average Bonchev–Trinajstić information content (AvgIpc) is 2.99. The van der Waals surface area contributed by atoms with E-state index in [-0.39, 0.29) is 46.1 Å². The third-order valence-corrected chi connectivity index (χ3v) is 5.65. The molecule has 0 aromatic heterocycles. The zero-order valence-corrected chi connectivity index (χ0v) is 25.0. The van der Waals surface area contributed by atoms with E-state index in [1.54, 1.807) is 30.3 Å². The number of ether oxygens (including phenoxy) is 3. The molecule has 252 valence electrons. The molecule has 0 aliphatic heterocycles. The monoisotopic (exact) mass is 651 g/mol. The first kappa shape index (κ1) is 38.8. The number of benzene rings is 1. The van der Waals surface area contributed by atoms with Crippen LogP contribution in [0.25, 0.3) is 10.4 Å². The molecule has 19 nitrogen and oxygen atoms in total. The minimum absolute atomic E-state index is 0.000756. The lowest BCUT2D eigenvalue weighted by molar-refractivity contribution is -0.148. The van der Waals surface area contributed by atoms with Crippen LogP contribution in [-0.2, 0) is 54.4 Å². The highest BCUT2D eigenvalue weighted by Crippen LogP contribution is 2.06. The average molecular weight is 652 g/mol. The van der Waals surface area contributed by atoms with Crippen molar-refractivity contribution in [3.63, 3.8) is 0 Å². The third kappa shape index (κ3) is 17.8. The van der Waals surface area contributed by atoms with Gasteiger partial charge in [0, 0.05) is 24.9 Å². The van der Waals surface area contributed by atoms with Crippen molar-refractivity contribution >= 4 is 41.5 Å². The van der Waals surface area contributed by atoms with Crippen LogP contribution in [0.2, 0.25) is 0 Å². The molecular weight excluding hydrogens is 614 g/mol. The van der Waals surface area contributed by atoms with Crippen LogP contribution in [0.4, 0.5) is 0 Å². The van der Waals surface area contributed by atoms with E-state index in [9.17, 15) is 38.7 Å². The Morgan fingerprint density at radius 3 is 1.87 bits per heavy atom. The van der Waals surface area contributed by atoms with Gasteiger partial charge in [-0.2, -0.15) is 0 Å². The fraction of sp³-hybridized carbons (Fsp3) is 0.519. The van der Waals surface area contributed by atoms with Gasteiger partial charge in [-0.05, 0) is 11.1 Å². The van der Waals surface area contributed by atoms with E-state index in [1.807, 2.05) is 0 Å². The molecule has 0 saturated carbocycles. The number of azide groups is 1. The highest BCUT2D eigenvalue weighted by molar-refractivity contribution is 5.97. The van der Waals surface area contributed by atoms with E-state index in [1.165, 1.54) is 0 Å². The van der Waals surface area contributed by atoms with Crippen LogP contribution in [-0.4, -0.2) is 109 Å². The molecule has 0 heterocycles. The molecule has 4 amide bonds. The number of nitrogens with zero attached hydrogens (tertiary/aromatic N) is 3. The fourth-order valence-corrected chi connectivity index (χ4v) is 3.57. The lowest BCUT2D eigenvalue weighted by Crippen LogP contribution is -2.57. The molecule has 6 N–H and O–H groups in total. The molecule has 0 bridgehead atoms. The lowest BCUT2D eigenvalue weighted by atomic mass is 10.1. The van der Waals surface area contributed by atoms with Crippen molar-refractivity contribution in [3.8, 4) is 0 Å². The van der Waals surface area contributed by atoms with E-state index >= 15 is 0 Å². The quantitative estimate of drug-likeness (QED) is 0.0273. The van der Waals surface area contributed by atoms with Crippen molar-refractivity contribution in [3.05, 3.63) is 46.3 Å². The number of carboxylic acid groups (broad SMARTS) is 2. The number of carbonyl (C=O) groups is 7. The van der Waals surface area contributed by atoms with Crippen LogP contribution in [0.15, 0.2) is 35.4 Å². The minimum Gasteiger partial charge on any atom is -0.481 e. The molecular formula is C27H37N7O12. The molecule has 1 aromatic rings. The highest BCUT2D eigenvalue weighted by Gasteiger charge is 2.32. The normalized spacial score (nSPS) is 12.3. The third-order valence-electron chi connectivity index (χ3n) is 5.65. The Balaban J connectivity index is 2.92. The van der Waals surface area contributed by atoms with Gasteiger partial charge < -0.3 is 45.7 Å². The molecule has 1 rings (SSSR count). The van der Waals surface area contributed by atoms with Crippen LogP contribution < -0.4 is 21.3 Å². The number of aliphatic carboxylic acids is 2. The Labute approximate surface area is 262 Å². The van der Waals surface area contributed by atoms with Crippen molar-refractivity contribution in [1.29, 1.82) is 0 Å². The Bertz CT molecular complexity index is 1220. The number of carbonyl (C=O) groups excluding carboxylic acids is 5. The molecule has 1 aromatic carbocycles. The van der Waals surface area contributed by atoms with Gasteiger partial charge in [-0.3, -0.25) is 33.6 Å². The summed E-state index contributed by atoms with van der Waals surface area (Å²) in [6.45, 7) is 1.45. The Morgan fingerprint density at radius 2 is 1.33 bits per heavy atom. The Kier molecular flexibility index (Phi) is 18.8. The summed E-state index contributed by atoms with van der Waals surface area (Å²) in [5.74, 6) is -7.81. The molecule has 0 fully saturated rings. The summed E-state index contributed by atoms with van der Waals surface area (Å²) in [6.07, 6.45) is -2.51. The second-order valence-electron chi connectivity index (χ2n) is 9.39. The minimum atomic E-state index is -1.76. The SMILES string of the molecule is CC(=O)N[C@@H](CC(=O)O)C(=O)N[C@@H](CC(=O)OCc1ccccc1)C(=O)N[C@@H](CC(=O)O)C(=O)NCCOCCOCCN=[N+]=[N-]. The Morgan fingerprint density at radius 1 is 0.783 bits per heavy atom. The maximum atomic E-state index is 13.2. The number of hydrogen-bond donors (Lipinski definition) is 6. The molecule has 0 radical (unpaired) electrons. The summed E-state index contributed by atoms with van der Waals surface area (Å²) in [4.78, 5) is 88.2. The van der Waals surface area contributed by atoms with Gasteiger partial charge in [0.15, 0.2) is 0 Å². The zero-order valence-electron chi connectivity index (χ0n) is 25.0. The first-order valence-corrected chi connectivity index (χ1v) is 13.9. The predicted octanol–water partition coefficient (Wildman–Crippen LogP) is -0.997. The van der Waals surface area contributed by atoms with Gasteiger partial charge in [0.25, 0.3) is 0 Å². The van der Waals surface area contributed by atoms with Crippen LogP contribution in [0.1, 0.15) is 31.7 Å². The van der Waals surface area contributed by atoms with Crippen molar-refractivity contribution in [2.45, 2.75) is 50.9 Å². The molecule has 0 aliphatic rings. The second kappa shape index (κ2) is 22.3. The Hall–Kier alpha value is -5.26. The van der Waals surface area contributed by atoms with Gasteiger partial charge in [-0.15, -0.1) is 0 Å². The summed E-state index contributed by atoms with van der Waals surface area (Å²) in [7, 11) is 0. The molecule has 3 atom stereocenters. The van der Waals surface area contributed by atoms with Crippen molar-refractivity contribution in [2.24, 2.45) is 5.11 Å². The van der Waals surface area contributed by atoms with Crippen molar-refractivity contribution in [2.75, 3.05) is 39.5 Å². The van der Waals surface area contributed by atoms with Crippen molar-refractivity contribution < 1.29 is 58.0 Å². The first-order valence-electron chi connectivity index (χ1n) is 13.9. The van der Waals surface area contributed by atoms with Crippen LogP contribution >= 0.6 is 0 Å². The topological polar surface area (TPSA) is 285 Å². The molecule has 0 unspecified atom stereocenters. The summed E-state index contributed by atoms with van der Waals surface area (Å²) >= 11 is 0. The standard InChI is InChI=1S/C27H37N7O12/c1-17(35)31-20(14-23(38)39)26(42)33-21(15-24(40)46-16-18-5-3-2-4-6-18)27(43)32-19(13-22(36)37)25(41)29-7-9-44-11-12-45-10-8-30-34-28/h2-6,19-21H,7-16H2,1H3,(H,29,41)(H,31,35)(H,32,43)(H,33,42)(H,36,37)(H,38,39)/t19-,20-,21-/m0/s1. The molecule has 0 saturated heterocycles. The maximum absolute atomic E-state index is 13.2. The van der Waals surface area contributed by atoms with E-state index in [0.717, 1.165) is 6.92 Å². The number of carboxylic acids is 2. The summed E-state index contributed by atoms with van der Waals surface area (Å²) < 4.78 is 15.6. The van der Waals surface area contributed by atoms with Crippen molar-refractivity contribution in [1.82, 2.24) is 21.3 Å². The van der Waals surface area contributed by atoms with E-state index < -0.39 is 78.9 Å². The van der Waals surface area contributed by atoms with Crippen LogP contribution in [0, 0.1) is 0 Å². The van der Waals surface area contributed by atoms with Gasteiger partial charge in [-0.1, -0.05) is 35.4 Å². The van der Waals surface area contributed by atoms with Gasteiger partial charge >= 0.3 is 17.9 Å². The van der Waals surface area contributed by atoms with E-state index in [2.05, 4.69) is 31.3 Å². The first-order chi connectivity index (χ1) is 21.9. The zero-order chi connectivity index (χ0) is 34.3. The van der Waals surface area contributed by atoms with Crippen LogP contribution in [0.5, 0.6) is 0 Å². The second-order valence-corrected chi connectivity index (χ2v) is 9.39. The van der Waals surface area contributed by atoms with Gasteiger partial charge in [0.2, 0.25) is 23.6 Å². The molecule has 19 heteroatoms. The largest absolute Gasteiger partial charge is 0.481 e. The molecule has 46 heavy (non-hydrogen) atoms. The van der Waals surface area contributed by atoms with Crippen LogP contribution in [0.3, 0.4) is 0 Å². The molecule has 0 aliphatic carbocycles. The smallest absolute Gasteiger partial charge is 0.308 e. The summed E-state index contributed by atoms with van der Waals surface area (Å²) in [5.41, 5.74) is 8.81. The number of esters is 1. The number of rotatable bonds is 23. The molecule has 0 spiro atoms. The van der Waals surface area contributed by atoms with E-state index in [4.69, 9.17) is 24.8 Å². The van der Waals surface area contributed by atoms with E-state index in [0.29, 0.717) is 5.56 Å². The number of hydrogen-bond acceptors (Lipinski definition) is 11. The fourth-order valence-electron chi connectivity index (χ4n) is 3.57.